The van der Waals surface area contributed by atoms with Crippen molar-refractivity contribution in [3.8, 4) is 5.75 Å². The third-order valence-corrected chi connectivity index (χ3v) is 4.87. The Balaban J connectivity index is 1.78. The van der Waals surface area contributed by atoms with Crippen molar-refractivity contribution in [2.75, 3.05) is 20.2 Å². The predicted octanol–water partition coefficient (Wildman–Crippen LogP) is 2.35. The molecule has 0 aliphatic carbocycles. The number of amides is 5. The molecule has 0 saturated carbocycles. The normalized spacial score (nSPS) is 14.9. The number of hydrogen-bond acceptors (Lipinski definition) is 5. The van der Waals surface area contributed by atoms with Gasteiger partial charge >= 0.3 is 17.8 Å². The van der Waals surface area contributed by atoms with Crippen molar-refractivity contribution in [2.24, 2.45) is 5.92 Å². The van der Waals surface area contributed by atoms with Crippen LogP contribution in [0, 0.1) is 5.92 Å². The van der Waals surface area contributed by atoms with E-state index in [0.29, 0.717) is 10.6 Å². The maximum Gasteiger partial charge on any atom is 0.334 e. The molecular weight excluding hydrogens is 398 g/mol. The van der Waals surface area contributed by atoms with Gasteiger partial charge in [0.1, 0.15) is 12.3 Å². The Morgan fingerprint density at radius 2 is 1.48 bits per heavy atom. The molecule has 8 nitrogen and oxygen atoms in total. The molecule has 0 radical (unpaired) electrons. The van der Waals surface area contributed by atoms with Gasteiger partial charge in [-0.25, -0.2) is 9.69 Å². The standard InChI is InChI=1S/C23H25N3O5/c1-15(2)13-25-21(28)22(29)26(23(25)30)14-19(27)24-20(16-7-5-4-6-8-16)17-9-11-18(31-3)12-10-17/h4-12,15,20H,13-14H2,1-3H3,(H,24,27)/t20-/m1/s1. The zero-order chi connectivity index (χ0) is 22.5. The van der Waals surface area contributed by atoms with E-state index in [0.717, 1.165) is 16.0 Å². The fraction of sp³-hybridized carbons (Fsp3) is 0.304. The number of hydrogen-bond donors (Lipinski definition) is 1. The van der Waals surface area contributed by atoms with Crippen LogP contribution in [0.25, 0.3) is 0 Å². The molecule has 2 aromatic carbocycles. The minimum Gasteiger partial charge on any atom is -0.497 e. The minimum atomic E-state index is -0.985. The zero-order valence-corrected chi connectivity index (χ0v) is 17.7. The second-order valence-electron chi connectivity index (χ2n) is 7.67. The van der Waals surface area contributed by atoms with Gasteiger partial charge in [-0.3, -0.25) is 19.3 Å². The molecule has 162 valence electrons. The molecule has 1 aliphatic heterocycles. The number of benzene rings is 2. The first-order chi connectivity index (χ1) is 14.8. The van der Waals surface area contributed by atoms with Crippen LogP contribution >= 0.6 is 0 Å². The first kappa shape index (κ1) is 22.0. The average molecular weight is 423 g/mol. The highest BCUT2D eigenvalue weighted by Crippen LogP contribution is 2.24. The van der Waals surface area contributed by atoms with E-state index in [9.17, 15) is 19.2 Å². The molecule has 5 amide bonds. The average Bonchev–Trinajstić information content (AvgIpc) is 2.96. The molecule has 2 aromatic rings. The molecular formula is C23H25N3O5. The second kappa shape index (κ2) is 9.42. The first-order valence-electron chi connectivity index (χ1n) is 9.97. The number of rotatable bonds is 8. The summed E-state index contributed by atoms with van der Waals surface area (Å²) >= 11 is 0. The maximum atomic E-state index is 12.8. The van der Waals surface area contributed by atoms with E-state index in [2.05, 4.69) is 5.32 Å². The Morgan fingerprint density at radius 1 is 0.903 bits per heavy atom. The summed E-state index contributed by atoms with van der Waals surface area (Å²) in [7, 11) is 1.57. The van der Waals surface area contributed by atoms with E-state index in [-0.39, 0.29) is 12.5 Å². The molecule has 1 fully saturated rings. The Labute approximate surface area is 180 Å². The lowest BCUT2D eigenvalue weighted by Crippen LogP contribution is -2.43. The summed E-state index contributed by atoms with van der Waals surface area (Å²) in [5.41, 5.74) is 1.63. The number of nitrogens with one attached hydrogen (secondary N) is 1. The summed E-state index contributed by atoms with van der Waals surface area (Å²) in [5, 5.41) is 2.87. The number of carbonyl (C=O) groups excluding carboxylic acids is 4. The van der Waals surface area contributed by atoms with Crippen molar-refractivity contribution in [3.05, 3.63) is 65.7 Å². The van der Waals surface area contributed by atoms with Crippen molar-refractivity contribution < 1.29 is 23.9 Å². The van der Waals surface area contributed by atoms with Crippen molar-refractivity contribution in [2.45, 2.75) is 19.9 Å². The van der Waals surface area contributed by atoms with E-state index in [4.69, 9.17) is 4.74 Å². The van der Waals surface area contributed by atoms with Gasteiger partial charge in [-0.1, -0.05) is 56.3 Å². The monoisotopic (exact) mass is 423 g/mol. The summed E-state index contributed by atoms with van der Waals surface area (Å²) in [5.74, 6) is -1.75. The SMILES string of the molecule is COc1ccc([C@H](NC(=O)CN2C(=O)C(=O)N(CC(C)C)C2=O)c2ccccc2)cc1. The van der Waals surface area contributed by atoms with Gasteiger partial charge < -0.3 is 10.1 Å². The Morgan fingerprint density at radius 3 is 2.06 bits per heavy atom. The smallest absolute Gasteiger partial charge is 0.334 e. The number of methoxy groups -OCH3 is 1. The van der Waals surface area contributed by atoms with Gasteiger partial charge in [0, 0.05) is 6.54 Å². The van der Waals surface area contributed by atoms with Crippen molar-refractivity contribution in [1.82, 2.24) is 15.1 Å². The molecule has 1 saturated heterocycles. The number of nitrogens with zero attached hydrogens (tertiary/aromatic N) is 2. The highest BCUT2D eigenvalue weighted by atomic mass is 16.5. The van der Waals surface area contributed by atoms with E-state index >= 15 is 0 Å². The predicted molar refractivity (Wildman–Crippen MR) is 113 cm³/mol. The summed E-state index contributed by atoms with van der Waals surface area (Å²) < 4.78 is 5.19. The Bertz CT molecular complexity index is 972. The van der Waals surface area contributed by atoms with Crippen LogP contribution in [-0.2, 0) is 14.4 Å². The molecule has 1 aliphatic rings. The van der Waals surface area contributed by atoms with Crippen LogP contribution in [0.1, 0.15) is 31.0 Å². The summed E-state index contributed by atoms with van der Waals surface area (Å²) in [6.45, 7) is 3.26. The lowest BCUT2D eigenvalue weighted by atomic mass is 9.98. The van der Waals surface area contributed by atoms with Crippen molar-refractivity contribution in [1.29, 1.82) is 0 Å². The molecule has 0 unspecified atom stereocenters. The van der Waals surface area contributed by atoms with E-state index in [1.54, 1.807) is 19.2 Å². The third kappa shape index (κ3) is 4.91. The lowest BCUT2D eigenvalue weighted by molar-refractivity contribution is -0.144. The molecule has 1 N–H and O–H groups in total. The van der Waals surface area contributed by atoms with Gasteiger partial charge in [-0.2, -0.15) is 0 Å². The molecule has 1 atom stereocenters. The quantitative estimate of drug-likeness (QED) is 0.519. The van der Waals surface area contributed by atoms with Gasteiger partial charge in [0.15, 0.2) is 0 Å². The molecule has 0 spiro atoms. The van der Waals surface area contributed by atoms with Crippen molar-refractivity contribution in [3.63, 3.8) is 0 Å². The van der Waals surface area contributed by atoms with Gasteiger partial charge in [-0.15, -0.1) is 0 Å². The topological polar surface area (TPSA) is 96.0 Å². The molecule has 1 heterocycles. The van der Waals surface area contributed by atoms with Crippen LogP contribution in [0.5, 0.6) is 5.75 Å². The van der Waals surface area contributed by atoms with Crippen LogP contribution in [0.3, 0.4) is 0 Å². The maximum absolute atomic E-state index is 12.8. The summed E-state index contributed by atoms with van der Waals surface area (Å²) in [6, 6.07) is 15.3. The highest BCUT2D eigenvalue weighted by molar-refractivity contribution is 6.45. The van der Waals surface area contributed by atoms with Gasteiger partial charge in [0.05, 0.1) is 13.2 Å². The fourth-order valence-corrected chi connectivity index (χ4v) is 3.37. The molecule has 31 heavy (non-hydrogen) atoms. The zero-order valence-electron chi connectivity index (χ0n) is 17.7. The Hall–Kier alpha value is -3.68. The van der Waals surface area contributed by atoms with Crippen molar-refractivity contribution >= 4 is 23.8 Å². The first-order valence-corrected chi connectivity index (χ1v) is 9.97. The van der Waals surface area contributed by atoms with Crippen LogP contribution in [0.2, 0.25) is 0 Å². The molecule has 3 rings (SSSR count). The second-order valence-corrected chi connectivity index (χ2v) is 7.67. The lowest BCUT2D eigenvalue weighted by Gasteiger charge is -2.22. The summed E-state index contributed by atoms with van der Waals surface area (Å²) in [4.78, 5) is 51.3. The Kier molecular flexibility index (Phi) is 6.69. The van der Waals surface area contributed by atoms with Gasteiger partial charge in [0.2, 0.25) is 5.91 Å². The van der Waals surface area contributed by atoms with E-state index in [1.807, 2.05) is 56.3 Å². The molecule has 8 heteroatoms. The number of ether oxygens (including phenoxy) is 1. The number of imide groups is 2. The third-order valence-electron chi connectivity index (χ3n) is 4.87. The van der Waals surface area contributed by atoms with Crippen LogP contribution in [0.4, 0.5) is 4.79 Å². The van der Waals surface area contributed by atoms with Crippen LogP contribution < -0.4 is 10.1 Å². The fourth-order valence-electron chi connectivity index (χ4n) is 3.37. The largest absolute Gasteiger partial charge is 0.497 e. The van der Waals surface area contributed by atoms with E-state index in [1.165, 1.54) is 0 Å². The number of urea groups is 1. The van der Waals surface area contributed by atoms with Gasteiger partial charge in [0.25, 0.3) is 0 Å². The summed E-state index contributed by atoms with van der Waals surface area (Å²) in [6.07, 6.45) is 0. The highest BCUT2D eigenvalue weighted by Gasteiger charge is 2.45. The molecule has 0 bridgehead atoms. The van der Waals surface area contributed by atoms with Crippen LogP contribution in [0.15, 0.2) is 54.6 Å². The van der Waals surface area contributed by atoms with Crippen LogP contribution in [-0.4, -0.2) is 53.8 Å². The number of carbonyl (C=O) groups is 4. The van der Waals surface area contributed by atoms with E-state index < -0.39 is 36.3 Å². The molecule has 0 aromatic heterocycles. The van der Waals surface area contributed by atoms with Gasteiger partial charge in [-0.05, 0) is 29.2 Å². The minimum absolute atomic E-state index is 0.00649.